The fraction of sp³-hybridized carbons (Fsp3) is 0.800. The molecule has 8 heteroatoms. The van der Waals surface area contributed by atoms with Crippen LogP contribution in [-0.4, -0.2) is 71.1 Å². The van der Waals surface area contributed by atoms with E-state index in [4.69, 9.17) is 24.4 Å². The highest BCUT2D eigenvalue weighted by molar-refractivity contribution is 5.89. The molecule has 134 valence electrons. The van der Waals surface area contributed by atoms with Crippen LogP contribution in [-0.2, 0) is 19.0 Å². The lowest BCUT2D eigenvalue weighted by atomic mass is 10.2. The number of hydrogen-bond acceptors (Lipinski definition) is 8. The molecule has 0 saturated heterocycles. The number of rotatable bonds is 12. The molecular formula is C15H26O8. The third-order valence-corrected chi connectivity index (χ3v) is 3.32. The number of aliphatic hydroxyl groups is 4. The zero-order valence-electron chi connectivity index (χ0n) is 13.3. The monoisotopic (exact) mass is 334 g/mol. The Balaban J connectivity index is 2.74. The zero-order chi connectivity index (χ0) is 17.2. The van der Waals surface area contributed by atoms with Crippen LogP contribution in [0.3, 0.4) is 0 Å². The van der Waals surface area contributed by atoms with Gasteiger partial charge in [0, 0.05) is 0 Å². The highest BCUT2D eigenvalue weighted by Crippen LogP contribution is 2.27. The van der Waals surface area contributed by atoms with Gasteiger partial charge >= 0.3 is 5.97 Å². The minimum absolute atomic E-state index is 0.0699. The molecule has 2 unspecified atom stereocenters. The molecule has 0 aromatic rings. The second-order valence-electron chi connectivity index (χ2n) is 5.33. The van der Waals surface area contributed by atoms with E-state index < -0.39 is 37.5 Å². The number of cyclic esters (lactones) is 1. The zero-order valence-corrected chi connectivity index (χ0v) is 13.3. The second kappa shape index (κ2) is 10.4. The standard InChI is InChI=1S/C15H26O8/c1-2-3-4-5-6-21-14-13(22-9-10(18)7-16)12(11(19)8-17)23-15(14)20/h10-12,16-19H,2-9H2,1H3/t10?,11?,12-/m1/s1. The van der Waals surface area contributed by atoms with Crippen molar-refractivity contribution in [2.24, 2.45) is 0 Å². The van der Waals surface area contributed by atoms with Crippen LogP contribution < -0.4 is 0 Å². The summed E-state index contributed by atoms with van der Waals surface area (Å²) in [5, 5.41) is 36.9. The summed E-state index contributed by atoms with van der Waals surface area (Å²) in [6.45, 7) is 0.943. The maximum absolute atomic E-state index is 11.9. The van der Waals surface area contributed by atoms with Gasteiger partial charge in [0.05, 0.1) is 19.8 Å². The molecule has 0 fully saturated rings. The predicted molar refractivity (Wildman–Crippen MR) is 79.1 cm³/mol. The molecule has 0 bridgehead atoms. The fourth-order valence-corrected chi connectivity index (χ4v) is 2.02. The van der Waals surface area contributed by atoms with Crippen molar-refractivity contribution < 1.29 is 39.4 Å². The Labute approximate surface area is 135 Å². The van der Waals surface area contributed by atoms with Gasteiger partial charge in [-0.3, -0.25) is 0 Å². The van der Waals surface area contributed by atoms with Gasteiger partial charge in [-0.25, -0.2) is 4.79 Å². The lowest BCUT2D eigenvalue weighted by Crippen LogP contribution is -2.33. The van der Waals surface area contributed by atoms with E-state index in [0.717, 1.165) is 25.7 Å². The third-order valence-electron chi connectivity index (χ3n) is 3.32. The number of aliphatic hydroxyl groups excluding tert-OH is 4. The Morgan fingerprint density at radius 1 is 1.13 bits per heavy atom. The van der Waals surface area contributed by atoms with Crippen LogP contribution in [0.25, 0.3) is 0 Å². The molecule has 0 saturated carbocycles. The van der Waals surface area contributed by atoms with Crippen LogP contribution in [0.15, 0.2) is 11.5 Å². The molecule has 23 heavy (non-hydrogen) atoms. The predicted octanol–water partition coefficient (Wildman–Crippen LogP) is -0.557. The largest absolute Gasteiger partial charge is 0.487 e. The van der Waals surface area contributed by atoms with E-state index in [0.29, 0.717) is 6.61 Å². The average molecular weight is 334 g/mol. The molecule has 0 radical (unpaired) electrons. The first-order valence-electron chi connectivity index (χ1n) is 7.83. The smallest absolute Gasteiger partial charge is 0.378 e. The van der Waals surface area contributed by atoms with Crippen LogP contribution >= 0.6 is 0 Å². The molecule has 0 aliphatic carbocycles. The van der Waals surface area contributed by atoms with Crippen LogP contribution in [0, 0.1) is 0 Å². The molecule has 4 N–H and O–H groups in total. The van der Waals surface area contributed by atoms with Gasteiger partial charge < -0.3 is 34.6 Å². The van der Waals surface area contributed by atoms with Crippen molar-refractivity contribution in [1.29, 1.82) is 0 Å². The summed E-state index contributed by atoms with van der Waals surface area (Å²) in [5.74, 6) is -1.02. The van der Waals surface area contributed by atoms with Gasteiger partial charge in [-0.1, -0.05) is 26.2 Å². The van der Waals surface area contributed by atoms with Gasteiger partial charge in [-0.05, 0) is 6.42 Å². The molecule has 0 aromatic carbocycles. The number of unbranched alkanes of at least 4 members (excludes halogenated alkanes) is 3. The van der Waals surface area contributed by atoms with Gasteiger partial charge in [0.25, 0.3) is 0 Å². The highest BCUT2D eigenvalue weighted by atomic mass is 16.6. The van der Waals surface area contributed by atoms with Crippen LogP contribution in [0.1, 0.15) is 32.6 Å². The number of carbonyl (C=O) groups excluding carboxylic acids is 1. The second-order valence-corrected chi connectivity index (χ2v) is 5.33. The minimum atomic E-state index is -1.36. The summed E-state index contributed by atoms with van der Waals surface area (Å²) in [6, 6.07) is 0. The summed E-state index contributed by atoms with van der Waals surface area (Å²) >= 11 is 0. The van der Waals surface area contributed by atoms with Crippen LogP contribution in [0.2, 0.25) is 0 Å². The SMILES string of the molecule is CCCCCCOC1=C(OCC(O)CO)[C@@H](C(O)CO)OC1=O. The molecule has 0 amide bonds. The maximum Gasteiger partial charge on any atom is 0.378 e. The van der Waals surface area contributed by atoms with Gasteiger partial charge in [-0.15, -0.1) is 0 Å². The van der Waals surface area contributed by atoms with Crippen molar-refractivity contribution in [3.8, 4) is 0 Å². The Kier molecular flexibility index (Phi) is 8.93. The molecular weight excluding hydrogens is 308 g/mol. The summed E-state index contributed by atoms with van der Waals surface area (Å²) in [6.07, 6.45) is 0.153. The summed E-state index contributed by atoms with van der Waals surface area (Å²) in [7, 11) is 0. The molecule has 1 rings (SSSR count). The number of hydrogen-bond donors (Lipinski definition) is 4. The molecule has 1 aliphatic rings. The van der Waals surface area contributed by atoms with Gasteiger partial charge in [-0.2, -0.15) is 0 Å². The van der Waals surface area contributed by atoms with Crippen LogP contribution in [0.5, 0.6) is 0 Å². The lowest BCUT2D eigenvalue weighted by molar-refractivity contribution is -0.148. The first-order valence-corrected chi connectivity index (χ1v) is 7.83. The molecule has 1 aliphatic heterocycles. The summed E-state index contributed by atoms with van der Waals surface area (Å²) < 4.78 is 15.7. The van der Waals surface area contributed by atoms with E-state index in [-0.39, 0.29) is 18.1 Å². The number of ether oxygens (including phenoxy) is 3. The maximum atomic E-state index is 11.9. The van der Waals surface area contributed by atoms with Gasteiger partial charge in [0.2, 0.25) is 5.76 Å². The van der Waals surface area contributed by atoms with E-state index >= 15 is 0 Å². The van der Waals surface area contributed by atoms with Gasteiger partial charge in [0.1, 0.15) is 18.8 Å². The Morgan fingerprint density at radius 3 is 2.48 bits per heavy atom. The Morgan fingerprint density at radius 2 is 1.87 bits per heavy atom. The summed E-state index contributed by atoms with van der Waals surface area (Å²) in [5.41, 5.74) is 0. The van der Waals surface area contributed by atoms with E-state index in [1.807, 2.05) is 0 Å². The van der Waals surface area contributed by atoms with E-state index in [2.05, 4.69) is 6.92 Å². The summed E-state index contributed by atoms with van der Waals surface area (Å²) in [4.78, 5) is 11.9. The fourth-order valence-electron chi connectivity index (χ4n) is 2.02. The van der Waals surface area contributed by atoms with E-state index in [1.54, 1.807) is 0 Å². The molecule has 0 aromatic heterocycles. The number of esters is 1. The minimum Gasteiger partial charge on any atom is -0.487 e. The molecule has 8 nitrogen and oxygen atoms in total. The van der Waals surface area contributed by atoms with Crippen molar-refractivity contribution in [3.63, 3.8) is 0 Å². The third kappa shape index (κ3) is 5.98. The van der Waals surface area contributed by atoms with Crippen LogP contribution in [0.4, 0.5) is 0 Å². The number of carbonyl (C=O) groups is 1. The molecule has 0 spiro atoms. The van der Waals surface area contributed by atoms with Crippen molar-refractivity contribution >= 4 is 5.97 Å². The molecule has 1 heterocycles. The average Bonchev–Trinajstić information content (AvgIpc) is 2.87. The lowest BCUT2D eigenvalue weighted by Gasteiger charge is -2.19. The van der Waals surface area contributed by atoms with Gasteiger partial charge in [0.15, 0.2) is 11.9 Å². The Bertz CT molecular complexity index is 395. The Hall–Kier alpha value is -1.35. The van der Waals surface area contributed by atoms with Crippen molar-refractivity contribution in [2.75, 3.05) is 26.4 Å². The van der Waals surface area contributed by atoms with E-state index in [9.17, 15) is 15.0 Å². The van der Waals surface area contributed by atoms with E-state index in [1.165, 1.54) is 0 Å². The first-order chi connectivity index (χ1) is 11.0. The van der Waals surface area contributed by atoms with Crippen molar-refractivity contribution in [1.82, 2.24) is 0 Å². The van der Waals surface area contributed by atoms with Crippen molar-refractivity contribution in [2.45, 2.75) is 50.9 Å². The van der Waals surface area contributed by atoms with Crippen molar-refractivity contribution in [3.05, 3.63) is 11.5 Å². The first kappa shape index (κ1) is 19.7. The topological polar surface area (TPSA) is 126 Å². The molecule has 3 atom stereocenters. The normalized spacial score (nSPS) is 20.4. The highest BCUT2D eigenvalue weighted by Gasteiger charge is 2.42. The quantitative estimate of drug-likeness (QED) is 0.276.